The van der Waals surface area contributed by atoms with Crippen molar-refractivity contribution in [2.45, 2.75) is 0 Å². The molecule has 0 bridgehead atoms. The van der Waals surface area contributed by atoms with E-state index >= 15 is 0 Å². The molecule has 1 N–H and O–H groups in total. The van der Waals surface area contributed by atoms with E-state index in [0.717, 1.165) is 28.9 Å². The summed E-state index contributed by atoms with van der Waals surface area (Å²) < 4.78 is 26.0. The number of nitrogens with one attached hydrogen (secondary N) is 1. The zero-order chi connectivity index (χ0) is 18.0. The molecule has 0 atom stereocenters. The Bertz CT molecular complexity index is 881. The number of halogens is 2. The minimum absolute atomic E-state index is 0.161. The van der Waals surface area contributed by atoms with Gasteiger partial charge < -0.3 is 0 Å². The summed E-state index contributed by atoms with van der Waals surface area (Å²) in [6, 6.07) is 10.5. The van der Waals surface area contributed by atoms with Crippen LogP contribution in [0.5, 0.6) is 0 Å². The lowest BCUT2D eigenvalue weighted by Crippen LogP contribution is -2.44. The molecule has 126 valence electrons. The summed E-state index contributed by atoms with van der Waals surface area (Å²) in [6.07, 6.45) is 1.56. The first kappa shape index (κ1) is 17.2. The van der Waals surface area contributed by atoms with Gasteiger partial charge in [0.25, 0.3) is 11.8 Å². The van der Waals surface area contributed by atoms with Crippen molar-refractivity contribution in [2.24, 2.45) is 0 Å². The highest BCUT2D eigenvalue weighted by molar-refractivity contribution is 8.26. The molecule has 3 rings (SSSR count). The number of thioether (sulfide) groups is 1. The lowest BCUT2D eigenvalue weighted by Gasteiger charge is -2.15. The minimum Gasteiger partial charge on any atom is -0.267 e. The van der Waals surface area contributed by atoms with Gasteiger partial charge in [-0.3, -0.25) is 15.0 Å². The van der Waals surface area contributed by atoms with Gasteiger partial charge in [-0.25, -0.2) is 8.78 Å². The minimum atomic E-state index is -0.584. The molecular formula is C17H10F2N2O2S2. The van der Waals surface area contributed by atoms with Crippen LogP contribution in [-0.2, 0) is 4.79 Å². The predicted octanol–water partition coefficient (Wildman–Crippen LogP) is 3.51. The molecule has 4 nitrogen and oxygen atoms in total. The number of benzene rings is 2. The molecule has 1 heterocycles. The summed E-state index contributed by atoms with van der Waals surface area (Å²) in [5, 5.41) is 0.959. The van der Waals surface area contributed by atoms with Crippen LogP contribution in [0.15, 0.2) is 53.4 Å². The molecule has 0 spiro atoms. The van der Waals surface area contributed by atoms with E-state index in [1.807, 2.05) is 0 Å². The largest absolute Gasteiger partial charge is 0.285 e. The van der Waals surface area contributed by atoms with Crippen LogP contribution in [0, 0.1) is 11.6 Å². The lowest BCUT2D eigenvalue weighted by molar-refractivity contribution is -0.123. The molecule has 2 aromatic rings. The van der Waals surface area contributed by atoms with Crippen molar-refractivity contribution in [3.63, 3.8) is 0 Å². The molecule has 0 unspecified atom stereocenters. The quantitative estimate of drug-likeness (QED) is 0.658. The van der Waals surface area contributed by atoms with E-state index in [9.17, 15) is 18.4 Å². The number of thiocarbonyl (C=S) groups is 1. The summed E-state index contributed by atoms with van der Waals surface area (Å²) in [5.74, 6) is -1.92. The third kappa shape index (κ3) is 3.92. The zero-order valence-corrected chi connectivity index (χ0v) is 14.2. The second kappa shape index (κ2) is 7.12. The van der Waals surface area contributed by atoms with Gasteiger partial charge >= 0.3 is 0 Å². The van der Waals surface area contributed by atoms with E-state index < -0.39 is 17.6 Å². The van der Waals surface area contributed by atoms with Crippen LogP contribution in [0.3, 0.4) is 0 Å². The normalized spacial score (nSPS) is 15.8. The van der Waals surface area contributed by atoms with Crippen LogP contribution < -0.4 is 5.43 Å². The number of amides is 2. The number of hydrazine groups is 1. The number of hydrogen-bond acceptors (Lipinski definition) is 4. The fourth-order valence-electron chi connectivity index (χ4n) is 2.04. The number of nitrogens with zero attached hydrogens (tertiary/aromatic N) is 1. The van der Waals surface area contributed by atoms with Crippen molar-refractivity contribution in [3.8, 4) is 0 Å². The fraction of sp³-hybridized carbons (Fsp3) is 0. The maximum atomic E-state index is 12.9. The Morgan fingerprint density at radius 2 is 1.60 bits per heavy atom. The van der Waals surface area contributed by atoms with Gasteiger partial charge in [0.15, 0.2) is 4.32 Å². The molecule has 8 heteroatoms. The number of rotatable bonds is 3. The Balaban J connectivity index is 1.76. The molecule has 1 aliphatic rings. The first-order chi connectivity index (χ1) is 11.9. The Morgan fingerprint density at radius 1 is 1.04 bits per heavy atom. The summed E-state index contributed by atoms with van der Waals surface area (Å²) in [6.45, 7) is 0. The van der Waals surface area contributed by atoms with Gasteiger partial charge in [-0.1, -0.05) is 23.9 Å². The second-order valence-electron chi connectivity index (χ2n) is 5.02. The lowest BCUT2D eigenvalue weighted by atomic mass is 10.2. The molecule has 0 saturated carbocycles. The summed E-state index contributed by atoms with van der Waals surface area (Å²) >= 11 is 6.13. The highest BCUT2D eigenvalue weighted by Gasteiger charge is 2.33. The average molecular weight is 376 g/mol. The van der Waals surface area contributed by atoms with Crippen LogP contribution in [0.25, 0.3) is 6.08 Å². The van der Waals surface area contributed by atoms with Gasteiger partial charge in [-0.15, -0.1) is 0 Å². The second-order valence-corrected chi connectivity index (χ2v) is 6.69. The molecule has 1 aliphatic heterocycles. The third-order valence-electron chi connectivity index (χ3n) is 3.28. The van der Waals surface area contributed by atoms with Crippen LogP contribution in [-0.4, -0.2) is 21.1 Å². The van der Waals surface area contributed by atoms with E-state index in [1.165, 1.54) is 36.4 Å². The van der Waals surface area contributed by atoms with E-state index in [2.05, 4.69) is 5.43 Å². The first-order valence-corrected chi connectivity index (χ1v) is 8.26. The molecular weight excluding hydrogens is 366 g/mol. The fourth-order valence-corrected chi connectivity index (χ4v) is 3.22. The molecule has 1 fully saturated rings. The monoisotopic (exact) mass is 376 g/mol. The van der Waals surface area contributed by atoms with Gasteiger partial charge in [0.1, 0.15) is 11.6 Å². The Labute approximate surface area is 151 Å². The van der Waals surface area contributed by atoms with E-state index in [1.54, 1.807) is 6.08 Å². The maximum Gasteiger partial charge on any atom is 0.285 e. The maximum absolute atomic E-state index is 12.9. The summed E-state index contributed by atoms with van der Waals surface area (Å²) in [5.41, 5.74) is 3.22. The van der Waals surface area contributed by atoms with E-state index in [0.29, 0.717) is 10.5 Å². The van der Waals surface area contributed by atoms with Gasteiger partial charge in [0, 0.05) is 5.56 Å². The van der Waals surface area contributed by atoms with Crippen LogP contribution in [0.2, 0.25) is 0 Å². The van der Waals surface area contributed by atoms with E-state index in [-0.39, 0.29) is 15.7 Å². The smallest absolute Gasteiger partial charge is 0.267 e. The van der Waals surface area contributed by atoms with Crippen molar-refractivity contribution in [1.29, 1.82) is 0 Å². The molecule has 0 radical (unpaired) electrons. The van der Waals surface area contributed by atoms with Crippen LogP contribution >= 0.6 is 24.0 Å². The Hall–Kier alpha value is -2.58. The van der Waals surface area contributed by atoms with Crippen molar-refractivity contribution in [3.05, 3.63) is 76.2 Å². The van der Waals surface area contributed by atoms with Crippen molar-refractivity contribution in [1.82, 2.24) is 10.4 Å². The Kier molecular flexibility index (Phi) is 4.91. The van der Waals surface area contributed by atoms with E-state index in [4.69, 9.17) is 12.2 Å². The van der Waals surface area contributed by atoms with Crippen molar-refractivity contribution >= 4 is 46.2 Å². The topological polar surface area (TPSA) is 49.4 Å². The molecule has 25 heavy (non-hydrogen) atoms. The SMILES string of the molecule is O=C(NN1C(=O)/C(=C/c2ccc(F)cc2)SC1=S)c1ccc(F)cc1. The number of carbonyl (C=O) groups is 2. The summed E-state index contributed by atoms with van der Waals surface area (Å²) in [4.78, 5) is 24.9. The zero-order valence-electron chi connectivity index (χ0n) is 12.5. The molecule has 2 amide bonds. The Morgan fingerprint density at radius 3 is 2.20 bits per heavy atom. The average Bonchev–Trinajstić information content (AvgIpc) is 2.85. The highest BCUT2D eigenvalue weighted by Crippen LogP contribution is 2.31. The van der Waals surface area contributed by atoms with Crippen LogP contribution in [0.1, 0.15) is 15.9 Å². The van der Waals surface area contributed by atoms with Gasteiger partial charge in [0.05, 0.1) is 4.91 Å². The molecule has 2 aromatic carbocycles. The van der Waals surface area contributed by atoms with Crippen LogP contribution in [0.4, 0.5) is 8.78 Å². The molecule has 0 aliphatic carbocycles. The number of carbonyl (C=O) groups excluding carboxylic acids is 2. The number of hydrogen-bond donors (Lipinski definition) is 1. The highest BCUT2D eigenvalue weighted by atomic mass is 32.2. The summed E-state index contributed by atoms with van der Waals surface area (Å²) in [7, 11) is 0. The first-order valence-electron chi connectivity index (χ1n) is 7.04. The van der Waals surface area contributed by atoms with Crippen molar-refractivity contribution < 1.29 is 18.4 Å². The standard InChI is InChI=1S/C17H10F2N2O2S2/c18-12-5-1-10(2-6-12)9-14-16(23)21(17(24)25-14)20-15(22)11-3-7-13(19)8-4-11/h1-9H,(H,20,22)/b14-9-. The van der Waals surface area contributed by atoms with Gasteiger partial charge in [-0.05, 0) is 60.3 Å². The van der Waals surface area contributed by atoms with Gasteiger partial charge in [0.2, 0.25) is 0 Å². The molecule has 1 saturated heterocycles. The predicted molar refractivity (Wildman–Crippen MR) is 95.3 cm³/mol. The van der Waals surface area contributed by atoms with Gasteiger partial charge in [-0.2, -0.15) is 5.01 Å². The third-order valence-corrected chi connectivity index (χ3v) is 4.58. The molecule has 0 aromatic heterocycles. The van der Waals surface area contributed by atoms with Crippen molar-refractivity contribution in [2.75, 3.05) is 0 Å².